The van der Waals surface area contributed by atoms with Crippen LogP contribution in [0.5, 0.6) is 0 Å². The van der Waals surface area contributed by atoms with Gasteiger partial charge in [0.25, 0.3) is 0 Å². The first-order valence-electron chi connectivity index (χ1n) is 6.02. The molecule has 0 unspecified atom stereocenters. The maximum atomic E-state index is 3.84. The summed E-state index contributed by atoms with van der Waals surface area (Å²) in [6, 6.07) is 0. The molecule has 1 radical (unpaired) electrons. The van der Waals surface area contributed by atoms with Crippen molar-refractivity contribution in [1.82, 2.24) is 0 Å². The predicted octanol–water partition coefficient (Wildman–Crippen LogP) is 5.07. The summed E-state index contributed by atoms with van der Waals surface area (Å²) in [6.45, 7) is 6.04. The lowest BCUT2D eigenvalue weighted by Gasteiger charge is -1.95. The Labute approximate surface area is 90.1 Å². The summed E-state index contributed by atoms with van der Waals surface area (Å²) in [6.07, 6.45) is 19.0. The molecule has 81 valence electrons. The highest BCUT2D eigenvalue weighted by atomic mass is 13.9. The molecule has 0 bridgehead atoms. The summed E-state index contributed by atoms with van der Waals surface area (Å²) in [5.74, 6) is 0. The minimum Gasteiger partial charge on any atom is -0.0846 e. The van der Waals surface area contributed by atoms with Gasteiger partial charge < -0.3 is 0 Å². The molecule has 0 heteroatoms. The third kappa shape index (κ3) is 11.5. The predicted molar refractivity (Wildman–Crippen MR) is 66.2 cm³/mol. The van der Waals surface area contributed by atoms with Crippen LogP contribution in [0.25, 0.3) is 0 Å². The van der Waals surface area contributed by atoms with Crippen molar-refractivity contribution in [1.29, 1.82) is 0 Å². The Kier molecular flexibility index (Phi) is 12.0. The van der Waals surface area contributed by atoms with Crippen molar-refractivity contribution in [2.45, 2.75) is 58.3 Å². The van der Waals surface area contributed by atoms with Gasteiger partial charge in [0.15, 0.2) is 0 Å². The van der Waals surface area contributed by atoms with Crippen LogP contribution < -0.4 is 0 Å². The highest BCUT2D eigenvalue weighted by Crippen LogP contribution is 2.05. The third-order valence-corrected chi connectivity index (χ3v) is 2.21. The molecule has 0 amide bonds. The van der Waals surface area contributed by atoms with Gasteiger partial charge in [-0.05, 0) is 19.3 Å². The lowest BCUT2D eigenvalue weighted by molar-refractivity contribution is 0.651. The first-order chi connectivity index (χ1) is 6.91. The van der Waals surface area contributed by atoms with Crippen LogP contribution in [0.15, 0.2) is 24.3 Å². The van der Waals surface area contributed by atoms with Crippen molar-refractivity contribution in [3.05, 3.63) is 31.2 Å². The monoisotopic (exact) mass is 193 g/mol. The molecule has 0 aliphatic rings. The first-order valence-corrected chi connectivity index (χ1v) is 6.02. The normalized spacial score (nSPS) is 11.9. The van der Waals surface area contributed by atoms with Gasteiger partial charge in [0.2, 0.25) is 0 Å². The van der Waals surface area contributed by atoms with Crippen LogP contribution in [-0.2, 0) is 0 Å². The molecule has 0 aromatic carbocycles. The van der Waals surface area contributed by atoms with Crippen molar-refractivity contribution >= 4 is 0 Å². The molecular formula is C14H25. The Hall–Kier alpha value is -0.520. The van der Waals surface area contributed by atoms with E-state index in [2.05, 4.69) is 38.2 Å². The Balaban J connectivity index is 3.10. The molecule has 0 fully saturated rings. The molecular weight excluding hydrogens is 168 g/mol. The smallest absolute Gasteiger partial charge is 0.0348 e. The quantitative estimate of drug-likeness (QED) is 0.354. The van der Waals surface area contributed by atoms with E-state index in [0.29, 0.717) is 0 Å². The van der Waals surface area contributed by atoms with Crippen molar-refractivity contribution in [2.24, 2.45) is 0 Å². The molecule has 0 aromatic rings. The lowest BCUT2D eigenvalue weighted by atomic mass is 10.1. The van der Waals surface area contributed by atoms with E-state index in [4.69, 9.17) is 0 Å². The molecule has 0 atom stereocenters. The summed E-state index contributed by atoms with van der Waals surface area (Å²) in [5, 5.41) is 0. The van der Waals surface area contributed by atoms with Crippen LogP contribution in [0.4, 0.5) is 0 Å². The summed E-state index contributed by atoms with van der Waals surface area (Å²) >= 11 is 0. The SMILES string of the molecule is [CH2]CCCCCC/C=C\C=C/CCC. The maximum Gasteiger partial charge on any atom is -0.0348 e. The number of hydrogen-bond donors (Lipinski definition) is 0. The molecule has 0 saturated carbocycles. The second-order valence-electron chi connectivity index (χ2n) is 3.70. The zero-order valence-electron chi connectivity index (χ0n) is 9.67. The van der Waals surface area contributed by atoms with E-state index in [1.54, 1.807) is 0 Å². The minimum atomic E-state index is 1.09. The van der Waals surface area contributed by atoms with Crippen LogP contribution >= 0.6 is 0 Å². The molecule has 0 saturated heterocycles. The Morgan fingerprint density at radius 1 is 0.857 bits per heavy atom. The van der Waals surface area contributed by atoms with Crippen molar-refractivity contribution in [2.75, 3.05) is 0 Å². The van der Waals surface area contributed by atoms with Crippen LogP contribution in [0.3, 0.4) is 0 Å². The number of unbranched alkanes of at least 4 members (excludes halogenated alkanes) is 6. The van der Waals surface area contributed by atoms with Gasteiger partial charge in [-0.25, -0.2) is 0 Å². The van der Waals surface area contributed by atoms with Crippen molar-refractivity contribution in [3.8, 4) is 0 Å². The van der Waals surface area contributed by atoms with E-state index in [9.17, 15) is 0 Å². The summed E-state index contributed by atoms with van der Waals surface area (Å²) in [4.78, 5) is 0. The first kappa shape index (κ1) is 13.5. The minimum absolute atomic E-state index is 1.09. The maximum absolute atomic E-state index is 3.84. The zero-order valence-corrected chi connectivity index (χ0v) is 9.67. The van der Waals surface area contributed by atoms with Crippen LogP contribution in [0.2, 0.25) is 0 Å². The topological polar surface area (TPSA) is 0 Å². The summed E-state index contributed by atoms with van der Waals surface area (Å²) in [7, 11) is 0. The van der Waals surface area contributed by atoms with Gasteiger partial charge in [0.1, 0.15) is 0 Å². The van der Waals surface area contributed by atoms with Crippen LogP contribution in [0.1, 0.15) is 58.3 Å². The van der Waals surface area contributed by atoms with Crippen LogP contribution in [-0.4, -0.2) is 0 Å². The number of hydrogen-bond acceptors (Lipinski definition) is 0. The van der Waals surface area contributed by atoms with Crippen molar-refractivity contribution in [3.63, 3.8) is 0 Å². The molecule has 0 N–H and O–H groups in total. The molecule has 14 heavy (non-hydrogen) atoms. The second kappa shape index (κ2) is 12.5. The Morgan fingerprint density at radius 3 is 2.14 bits per heavy atom. The third-order valence-electron chi connectivity index (χ3n) is 2.21. The summed E-state index contributed by atoms with van der Waals surface area (Å²) in [5.41, 5.74) is 0. The van der Waals surface area contributed by atoms with Gasteiger partial charge in [0.05, 0.1) is 0 Å². The van der Waals surface area contributed by atoms with Gasteiger partial charge in [0, 0.05) is 0 Å². The summed E-state index contributed by atoms with van der Waals surface area (Å²) < 4.78 is 0. The highest BCUT2D eigenvalue weighted by molar-refractivity contribution is 5.02. The van der Waals surface area contributed by atoms with Gasteiger partial charge in [-0.3, -0.25) is 0 Å². The largest absolute Gasteiger partial charge is 0.0846 e. The van der Waals surface area contributed by atoms with E-state index >= 15 is 0 Å². The fourth-order valence-electron chi connectivity index (χ4n) is 1.31. The molecule has 0 heterocycles. The van der Waals surface area contributed by atoms with Gasteiger partial charge >= 0.3 is 0 Å². The molecule has 0 nitrogen and oxygen atoms in total. The van der Waals surface area contributed by atoms with Gasteiger partial charge in [-0.15, -0.1) is 0 Å². The van der Waals surface area contributed by atoms with Crippen LogP contribution in [0, 0.1) is 6.92 Å². The van der Waals surface area contributed by atoms with Gasteiger partial charge in [-0.1, -0.05) is 70.3 Å². The molecule has 0 spiro atoms. The fourth-order valence-corrected chi connectivity index (χ4v) is 1.31. The molecule has 0 aliphatic heterocycles. The van der Waals surface area contributed by atoms with E-state index in [-0.39, 0.29) is 0 Å². The fraction of sp³-hybridized carbons (Fsp3) is 0.643. The second-order valence-corrected chi connectivity index (χ2v) is 3.70. The van der Waals surface area contributed by atoms with E-state index in [1.165, 1.54) is 44.9 Å². The highest BCUT2D eigenvalue weighted by Gasteiger charge is 1.85. The molecule has 0 rings (SSSR count). The lowest BCUT2D eigenvalue weighted by Crippen LogP contribution is -1.75. The standard InChI is InChI=1S/C14H25/c1-3-5-7-9-11-13-14-12-10-8-6-4-2/h8,10,12,14H,1,3-7,9,11,13H2,2H3/b10-8-,14-12-. The number of rotatable bonds is 9. The van der Waals surface area contributed by atoms with Gasteiger partial charge in [-0.2, -0.15) is 0 Å². The van der Waals surface area contributed by atoms with E-state index in [0.717, 1.165) is 6.42 Å². The van der Waals surface area contributed by atoms with Crippen molar-refractivity contribution < 1.29 is 0 Å². The Bertz CT molecular complexity index is 142. The molecule has 0 aliphatic carbocycles. The molecule has 0 aromatic heterocycles. The number of allylic oxidation sites excluding steroid dienone is 4. The van der Waals surface area contributed by atoms with E-state index < -0.39 is 0 Å². The zero-order chi connectivity index (χ0) is 10.5. The van der Waals surface area contributed by atoms with E-state index in [1.807, 2.05) is 0 Å². The average molecular weight is 193 g/mol. The Morgan fingerprint density at radius 2 is 1.50 bits per heavy atom. The average Bonchev–Trinajstić information content (AvgIpc) is 2.21.